The van der Waals surface area contributed by atoms with Crippen molar-refractivity contribution in [3.63, 3.8) is 0 Å². The second-order valence-corrected chi connectivity index (χ2v) is 4.60. The molecule has 0 saturated heterocycles. The van der Waals surface area contributed by atoms with Gasteiger partial charge in [-0.25, -0.2) is 9.38 Å². The summed E-state index contributed by atoms with van der Waals surface area (Å²) in [6.07, 6.45) is 0. The van der Waals surface area contributed by atoms with Gasteiger partial charge in [0.2, 0.25) is 0 Å². The maximum atomic E-state index is 13.0. The highest BCUT2D eigenvalue weighted by Crippen LogP contribution is 2.18. The highest BCUT2D eigenvalue weighted by molar-refractivity contribution is 9.10. The van der Waals surface area contributed by atoms with E-state index in [2.05, 4.69) is 32.8 Å². The lowest BCUT2D eigenvalue weighted by Crippen LogP contribution is -2.32. The van der Waals surface area contributed by atoms with Crippen LogP contribution >= 0.6 is 15.9 Å². The number of hydrogen-bond donors (Lipinski definition) is 2. The topological polar surface area (TPSA) is 50.4 Å². The van der Waals surface area contributed by atoms with Crippen molar-refractivity contribution in [3.8, 4) is 0 Å². The summed E-state index contributed by atoms with van der Waals surface area (Å²) in [5.41, 5.74) is 7.37. The third-order valence-corrected chi connectivity index (χ3v) is 2.77. The van der Waals surface area contributed by atoms with Crippen LogP contribution < -0.4 is 11.1 Å². The molecule has 0 saturated carbocycles. The van der Waals surface area contributed by atoms with Gasteiger partial charge in [0.25, 0.3) is 0 Å². The smallest absolute Gasteiger partial charge is 0.189 e. The Balaban J connectivity index is 2.62. The molecule has 0 aliphatic carbocycles. The van der Waals surface area contributed by atoms with Crippen molar-refractivity contribution in [2.75, 3.05) is 6.54 Å². The molecule has 1 aromatic carbocycles. The molecule has 5 heteroatoms. The second-order valence-electron chi connectivity index (χ2n) is 3.75. The van der Waals surface area contributed by atoms with Gasteiger partial charge in [0.05, 0.1) is 6.54 Å². The van der Waals surface area contributed by atoms with Crippen LogP contribution in [0.25, 0.3) is 0 Å². The minimum Gasteiger partial charge on any atom is -0.370 e. The van der Waals surface area contributed by atoms with Crippen LogP contribution in [-0.4, -0.2) is 12.5 Å². The number of nitrogens with two attached hydrogens (primary N) is 1. The van der Waals surface area contributed by atoms with E-state index >= 15 is 0 Å². The molecule has 1 aromatic rings. The molecular weight excluding hydrogens is 285 g/mol. The number of nitrogens with zero attached hydrogens (tertiary/aromatic N) is 1. The third kappa shape index (κ3) is 4.99. The van der Waals surface area contributed by atoms with Gasteiger partial charge in [-0.1, -0.05) is 28.1 Å². The van der Waals surface area contributed by atoms with Crippen molar-refractivity contribution in [2.45, 2.75) is 13.5 Å². The van der Waals surface area contributed by atoms with Crippen LogP contribution in [0.3, 0.4) is 0 Å². The number of guanidine groups is 1. The average Bonchev–Trinajstić information content (AvgIpc) is 2.27. The lowest BCUT2D eigenvalue weighted by molar-refractivity contribution is 0.625. The van der Waals surface area contributed by atoms with E-state index in [9.17, 15) is 4.39 Å². The minimum atomic E-state index is -0.285. The van der Waals surface area contributed by atoms with Crippen molar-refractivity contribution in [1.29, 1.82) is 0 Å². The van der Waals surface area contributed by atoms with E-state index in [1.165, 1.54) is 12.1 Å². The molecule has 0 aliphatic rings. The first kappa shape index (κ1) is 13.7. The van der Waals surface area contributed by atoms with Crippen LogP contribution in [0, 0.1) is 5.82 Å². The predicted octanol–water partition coefficient (Wildman–Crippen LogP) is 2.57. The van der Waals surface area contributed by atoms with Gasteiger partial charge < -0.3 is 11.1 Å². The number of benzene rings is 1. The molecule has 0 unspecified atom stereocenters. The van der Waals surface area contributed by atoms with E-state index in [1.54, 1.807) is 6.07 Å². The average molecular weight is 300 g/mol. The third-order valence-electron chi connectivity index (χ3n) is 2.00. The molecule has 92 valence electrons. The summed E-state index contributed by atoms with van der Waals surface area (Å²) in [6, 6.07) is 4.47. The van der Waals surface area contributed by atoms with Crippen molar-refractivity contribution in [3.05, 3.63) is 46.2 Å². The van der Waals surface area contributed by atoms with Crippen LogP contribution in [0.4, 0.5) is 4.39 Å². The summed E-state index contributed by atoms with van der Waals surface area (Å²) in [4.78, 5) is 4.11. The van der Waals surface area contributed by atoms with Gasteiger partial charge in [-0.15, -0.1) is 0 Å². The van der Waals surface area contributed by atoms with E-state index in [0.717, 1.165) is 15.6 Å². The zero-order valence-electron chi connectivity index (χ0n) is 9.63. The Hall–Kier alpha value is -1.36. The summed E-state index contributed by atoms with van der Waals surface area (Å²) in [5.74, 6) is 0.0380. The van der Waals surface area contributed by atoms with Crippen LogP contribution in [0.15, 0.2) is 39.8 Å². The van der Waals surface area contributed by atoms with Crippen LogP contribution in [0.2, 0.25) is 0 Å². The van der Waals surface area contributed by atoms with Gasteiger partial charge in [0.1, 0.15) is 5.82 Å². The van der Waals surface area contributed by atoms with E-state index in [4.69, 9.17) is 5.73 Å². The quantitative estimate of drug-likeness (QED) is 0.510. The Bertz CT molecular complexity index is 443. The molecule has 3 nitrogen and oxygen atoms in total. The molecule has 0 spiro atoms. The Morgan fingerprint density at radius 2 is 2.29 bits per heavy atom. The zero-order valence-corrected chi connectivity index (χ0v) is 11.2. The summed E-state index contributed by atoms with van der Waals surface area (Å²) in [6.45, 7) is 6.54. The van der Waals surface area contributed by atoms with E-state index in [0.29, 0.717) is 19.0 Å². The summed E-state index contributed by atoms with van der Waals surface area (Å²) in [5, 5.41) is 2.91. The first-order chi connectivity index (χ1) is 7.99. The minimum absolute atomic E-state index is 0.285. The van der Waals surface area contributed by atoms with Gasteiger partial charge in [-0.3, -0.25) is 0 Å². The van der Waals surface area contributed by atoms with Crippen LogP contribution in [0.5, 0.6) is 0 Å². The molecule has 3 N–H and O–H groups in total. The normalized spacial score (nSPS) is 11.4. The fraction of sp³-hybridized carbons (Fsp3) is 0.250. The van der Waals surface area contributed by atoms with Crippen LogP contribution in [-0.2, 0) is 6.54 Å². The lowest BCUT2D eigenvalue weighted by Gasteiger charge is -2.06. The van der Waals surface area contributed by atoms with Gasteiger partial charge in [-0.2, -0.15) is 0 Å². The number of rotatable bonds is 4. The first-order valence-corrected chi connectivity index (χ1v) is 5.90. The maximum Gasteiger partial charge on any atom is 0.189 e. The highest BCUT2D eigenvalue weighted by Gasteiger charge is 2.01. The second kappa shape index (κ2) is 6.39. The zero-order chi connectivity index (χ0) is 12.8. The van der Waals surface area contributed by atoms with Gasteiger partial charge in [-0.05, 0) is 30.7 Å². The van der Waals surface area contributed by atoms with Crippen molar-refractivity contribution >= 4 is 21.9 Å². The number of aliphatic imine (C=N–C) groups is 1. The first-order valence-electron chi connectivity index (χ1n) is 5.11. The highest BCUT2D eigenvalue weighted by atomic mass is 79.9. The standard InChI is InChI=1S/C12H15BrFN3/c1-8(2)6-16-12(15)17-7-9-5-10(14)3-4-11(9)13/h3-5H,1,6-7H2,2H3,(H3,15,16,17). The number of nitrogens with one attached hydrogen (secondary N) is 1. The number of halogens is 2. The fourth-order valence-corrected chi connectivity index (χ4v) is 1.50. The van der Waals surface area contributed by atoms with Crippen molar-refractivity contribution in [1.82, 2.24) is 5.32 Å². The van der Waals surface area contributed by atoms with E-state index < -0.39 is 0 Å². The molecule has 0 fully saturated rings. The summed E-state index contributed by atoms with van der Waals surface area (Å²) >= 11 is 3.33. The Morgan fingerprint density at radius 3 is 2.94 bits per heavy atom. The number of hydrogen-bond acceptors (Lipinski definition) is 1. The molecule has 0 bridgehead atoms. The summed E-state index contributed by atoms with van der Waals surface area (Å²) < 4.78 is 13.8. The molecule has 0 aromatic heterocycles. The van der Waals surface area contributed by atoms with Gasteiger partial charge >= 0.3 is 0 Å². The maximum absolute atomic E-state index is 13.0. The summed E-state index contributed by atoms with van der Waals surface area (Å²) in [7, 11) is 0. The molecule has 0 atom stereocenters. The van der Waals surface area contributed by atoms with Crippen molar-refractivity contribution < 1.29 is 4.39 Å². The lowest BCUT2D eigenvalue weighted by atomic mass is 10.2. The molecule has 0 amide bonds. The molecule has 0 radical (unpaired) electrons. The van der Waals surface area contributed by atoms with E-state index in [-0.39, 0.29) is 5.82 Å². The monoisotopic (exact) mass is 299 g/mol. The Morgan fingerprint density at radius 1 is 1.59 bits per heavy atom. The molecule has 0 aliphatic heterocycles. The molecule has 1 rings (SSSR count). The van der Waals surface area contributed by atoms with Crippen LogP contribution in [0.1, 0.15) is 12.5 Å². The van der Waals surface area contributed by atoms with Gasteiger partial charge in [0, 0.05) is 11.0 Å². The molecule has 0 heterocycles. The molecule has 17 heavy (non-hydrogen) atoms. The Labute approximate surface area is 109 Å². The SMILES string of the molecule is C=C(C)CNC(N)=NCc1cc(F)ccc1Br. The predicted molar refractivity (Wildman–Crippen MR) is 72.2 cm³/mol. The fourth-order valence-electron chi connectivity index (χ4n) is 1.13. The van der Waals surface area contributed by atoms with Gasteiger partial charge in [0.15, 0.2) is 5.96 Å². The van der Waals surface area contributed by atoms with E-state index in [1.807, 2.05) is 6.92 Å². The molecular formula is C12H15BrFN3. The van der Waals surface area contributed by atoms with Crippen molar-refractivity contribution in [2.24, 2.45) is 10.7 Å². The Kier molecular flexibility index (Phi) is 5.15. The largest absolute Gasteiger partial charge is 0.370 e.